The lowest BCUT2D eigenvalue weighted by atomic mass is 9.87. The zero-order valence-electron chi connectivity index (χ0n) is 19.2. The lowest BCUT2D eigenvalue weighted by molar-refractivity contribution is 0.590. The predicted molar refractivity (Wildman–Crippen MR) is 135 cm³/mol. The van der Waals surface area contributed by atoms with Crippen molar-refractivity contribution in [3.8, 4) is 5.69 Å². The Morgan fingerprint density at radius 2 is 1.55 bits per heavy atom. The van der Waals surface area contributed by atoms with Crippen LogP contribution in [0.3, 0.4) is 0 Å². The van der Waals surface area contributed by atoms with Crippen LogP contribution in [0.25, 0.3) is 5.69 Å². The van der Waals surface area contributed by atoms with Crippen molar-refractivity contribution in [1.29, 1.82) is 0 Å². The van der Waals surface area contributed by atoms with Crippen LogP contribution in [0.5, 0.6) is 0 Å². The predicted octanol–water partition coefficient (Wildman–Crippen LogP) is 6.30. The minimum Gasteiger partial charge on any atom is -0.263 e. The van der Waals surface area contributed by atoms with Crippen molar-refractivity contribution >= 4 is 23.3 Å². The standard InChI is InChI=1S/C27H26ClN5/c1-18-29-30-26-32(17-19-9-13-21(14-10-19)27(2,3)4)31-25(20-11-15-22(28)16-12-20)23-7-5-6-8-24(23)33(18)26/h5-16H,17H2,1-4H3. The van der Waals surface area contributed by atoms with Crippen molar-refractivity contribution in [1.82, 2.24) is 14.8 Å². The van der Waals surface area contributed by atoms with Gasteiger partial charge >= 0.3 is 0 Å². The quantitative estimate of drug-likeness (QED) is 0.364. The van der Waals surface area contributed by atoms with Crippen LogP contribution in [0.4, 0.5) is 5.95 Å². The molecular weight excluding hydrogens is 430 g/mol. The van der Waals surface area contributed by atoms with Gasteiger partial charge in [0, 0.05) is 16.1 Å². The normalized spacial score (nSPS) is 13.2. The molecule has 0 spiro atoms. The molecule has 0 fully saturated rings. The molecule has 6 heteroatoms. The average molecular weight is 456 g/mol. The first-order chi connectivity index (χ1) is 15.8. The van der Waals surface area contributed by atoms with E-state index in [1.807, 2.05) is 48.3 Å². The second-order valence-electron chi connectivity index (χ2n) is 9.36. The van der Waals surface area contributed by atoms with Gasteiger partial charge in [-0.15, -0.1) is 10.2 Å². The topological polar surface area (TPSA) is 46.3 Å². The largest absolute Gasteiger partial charge is 0.263 e. The number of aromatic nitrogens is 3. The highest BCUT2D eigenvalue weighted by molar-refractivity contribution is 6.30. The van der Waals surface area contributed by atoms with Crippen molar-refractivity contribution in [3.05, 3.63) is 106 Å². The molecule has 0 aliphatic carbocycles. The van der Waals surface area contributed by atoms with Crippen molar-refractivity contribution in [2.45, 2.75) is 39.7 Å². The molecule has 0 radical (unpaired) electrons. The van der Waals surface area contributed by atoms with E-state index in [-0.39, 0.29) is 5.41 Å². The first kappa shape index (κ1) is 21.4. The summed E-state index contributed by atoms with van der Waals surface area (Å²) < 4.78 is 2.07. The van der Waals surface area contributed by atoms with Crippen molar-refractivity contribution < 1.29 is 0 Å². The Hall–Kier alpha value is -3.44. The van der Waals surface area contributed by atoms with Crippen LogP contribution in [0, 0.1) is 6.92 Å². The van der Waals surface area contributed by atoms with Gasteiger partial charge in [-0.3, -0.25) is 4.57 Å². The molecule has 3 aromatic carbocycles. The molecular formula is C27H26ClN5. The minimum absolute atomic E-state index is 0.111. The number of benzene rings is 3. The van der Waals surface area contributed by atoms with E-state index < -0.39 is 0 Å². The van der Waals surface area contributed by atoms with Crippen molar-refractivity contribution in [2.24, 2.45) is 5.10 Å². The molecule has 1 aliphatic rings. The fourth-order valence-electron chi connectivity index (χ4n) is 4.10. The number of hydrazone groups is 1. The molecule has 33 heavy (non-hydrogen) atoms. The van der Waals surface area contributed by atoms with E-state index in [1.54, 1.807) is 0 Å². The zero-order valence-corrected chi connectivity index (χ0v) is 20.0. The highest BCUT2D eigenvalue weighted by Crippen LogP contribution is 2.31. The smallest absolute Gasteiger partial charge is 0.252 e. The Bertz CT molecular complexity index is 1330. The molecule has 166 valence electrons. The number of halogens is 1. The lowest BCUT2D eigenvalue weighted by Crippen LogP contribution is -2.20. The number of rotatable bonds is 3. The van der Waals surface area contributed by atoms with Crippen LogP contribution in [-0.4, -0.2) is 20.5 Å². The molecule has 0 unspecified atom stereocenters. The summed E-state index contributed by atoms with van der Waals surface area (Å²) >= 11 is 6.17. The SMILES string of the molecule is Cc1nnc2n1-c1ccccc1C(c1ccc(Cl)cc1)=NN2Cc1ccc(C(C)(C)C)cc1. The van der Waals surface area contributed by atoms with Crippen LogP contribution >= 0.6 is 11.6 Å². The fraction of sp³-hybridized carbons (Fsp3) is 0.222. The molecule has 1 aliphatic heterocycles. The van der Waals surface area contributed by atoms with Crippen LogP contribution in [0.15, 0.2) is 77.9 Å². The number of hydrogen-bond acceptors (Lipinski definition) is 4. The third-order valence-corrected chi connectivity index (χ3v) is 6.18. The van der Waals surface area contributed by atoms with Crippen LogP contribution < -0.4 is 5.01 Å². The van der Waals surface area contributed by atoms with Crippen LogP contribution in [0.2, 0.25) is 5.02 Å². The van der Waals surface area contributed by atoms with Gasteiger partial charge in [-0.1, -0.05) is 87.0 Å². The van der Waals surface area contributed by atoms with Crippen molar-refractivity contribution in [3.63, 3.8) is 0 Å². The van der Waals surface area contributed by atoms with E-state index in [0.717, 1.165) is 33.9 Å². The first-order valence-corrected chi connectivity index (χ1v) is 11.4. The molecule has 0 amide bonds. The second-order valence-corrected chi connectivity index (χ2v) is 9.80. The highest BCUT2D eigenvalue weighted by Gasteiger charge is 2.26. The zero-order chi connectivity index (χ0) is 23.2. The molecule has 0 N–H and O–H groups in total. The number of anilines is 1. The lowest BCUT2D eigenvalue weighted by Gasteiger charge is -2.21. The summed E-state index contributed by atoms with van der Waals surface area (Å²) in [6.07, 6.45) is 0. The van der Waals surface area contributed by atoms with E-state index in [1.165, 1.54) is 5.56 Å². The Morgan fingerprint density at radius 1 is 0.848 bits per heavy atom. The summed E-state index contributed by atoms with van der Waals surface area (Å²) in [5, 5.41) is 16.6. The summed E-state index contributed by atoms with van der Waals surface area (Å²) in [6, 6.07) is 24.8. The Morgan fingerprint density at radius 3 is 2.24 bits per heavy atom. The third-order valence-electron chi connectivity index (χ3n) is 5.93. The van der Waals surface area contributed by atoms with Gasteiger partial charge in [0.2, 0.25) is 0 Å². The Kier molecular flexibility index (Phi) is 5.29. The molecule has 4 aromatic rings. The number of aryl methyl sites for hydroxylation is 1. The Balaban J connectivity index is 1.64. The molecule has 0 saturated heterocycles. The Labute approximate surface area is 199 Å². The van der Waals surface area contributed by atoms with Gasteiger partial charge in [0.05, 0.1) is 12.2 Å². The molecule has 0 saturated carbocycles. The molecule has 0 bridgehead atoms. The van der Waals surface area contributed by atoms with E-state index in [0.29, 0.717) is 17.5 Å². The van der Waals surface area contributed by atoms with E-state index >= 15 is 0 Å². The van der Waals surface area contributed by atoms with Gasteiger partial charge in [0.25, 0.3) is 5.95 Å². The molecule has 2 heterocycles. The van der Waals surface area contributed by atoms with E-state index in [2.05, 4.69) is 71.9 Å². The third kappa shape index (κ3) is 4.05. The summed E-state index contributed by atoms with van der Waals surface area (Å²) in [5.41, 5.74) is 6.47. The summed E-state index contributed by atoms with van der Waals surface area (Å²) in [4.78, 5) is 0. The van der Waals surface area contributed by atoms with Gasteiger partial charge in [-0.25, -0.2) is 5.01 Å². The minimum atomic E-state index is 0.111. The maximum absolute atomic E-state index is 6.17. The highest BCUT2D eigenvalue weighted by atomic mass is 35.5. The number of para-hydroxylation sites is 1. The van der Waals surface area contributed by atoms with Gasteiger partial charge in [-0.2, -0.15) is 5.10 Å². The van der Waals surface area contributed by atoms with Crippen molar-refractivity contribution in [2.75, 3.05) is 5.01 Å². The second kappa shape index (κ2) is 8.16. The van der Waals surface area contributed by atoms with E-state index in [9.17, 15) is 0 Å². The fourth-order valence-corrected chi connectivity index (χ4v) is 4.22. The summed E-state index contributed by atoms with van der Waals surface area (Å²) in [5.74, 6) is 1.52. The van der Waals surface area contributed by atoms with Crippen LogP contribution in [-0.2, 0) is 12.0 Å². The van der Waals surface area contributed by atoms with Gasteiger partial charge < -0.3 is 0 Å². The maximum atomic E-state index is 6.17. The van der Waals surface area contributed by atoms with Gasteiger partial charge in [0.15, 0.2) is 0 Å². The number of nitrogens with zero attached hydrogens (tertiary/aromatic N) is 5. The van der Waals surface area contributed by atoms with Gasteiger partial charge in [0.1, 0.15) is 11.5 Å². The van der Waals surface area contributed by atoms with E-state index in [4.69, 9.17) is 16.7 Å². The first-order valence-electron chi connectivity index (χ1n) is 11.0. The molecule has 5 rings (SSSR count). The molecule has 0 atom stereocenters. The monoisotopic (exact) mass is 455 g/mol. The number of hydrogen-bond donors (Lipinski definition) is 0. The summed E-state index contributed by atoms with van der Waals surface area (Å²) in [7, 11) is 0. The maximum Gasteiger partial charge on any atom is 0.252 e. The van der Waals surface area contributed by atoms with Gasteiger partial charge in [-0.05, 0) is 41.7 Å². The molecule has 1 aromatic heterocycles. The molecule has 5 nitrogen and oxygen atoms in total. The number of fused-ring (bicyclic) bond motifs is 3. The average Bonchev–Trinajstić information content (AvgIpc) is 3.12. The summed E-state index contributed by atoms with van der Waals surface area (Å²) in [6.45, 7) is 9.22. The van der Waals surface area contributed by atoms with Crippen LogP contribution in [0.1, 0.15) is 48.8 Å².